The number of sulfonamides is 1. The summed E-state index contributed by atoms with van der Waals surface area (Å²) < 4.78 is 27.0. The van der Waals surface area contributed by atoms with Gasteiger partial charge in [0.25, 0.3) is 0 Å². The number of aryl methyl sites for hydroxylation is 1. The fourth-order valence-corrected chi connectivity index (χ4v) is 4.86. The maximum atomic E-state index is 13.5. The minimum atomic E-state index is -3.55. The molecule has 3 atom stereocenters. The lowest BCUT2D eigenvalue weighted by Gasteiger charge is -2.28. The van der Waals surface area contributed by atoms with Crippen molar-refractivity contribution in [1.29, 1.82) is 0 Å². The van der Waals surface area contributed by atoms with Gasteiger partial charge in [0.15, 0.2) is 0 Å². The van der Waals surface area contributed by atoms with Crippen molar-refractivity contribution in [2.75, 3.05) is 25.9 Å². The van der Waals surface area contributed by atoms with Crippen molar-refractivity contribution in [1.82, 2.24) is 35.0 Å². The first kappa shape index (κ1) is 30.2. The second kappa shape index (κ2) is 13.7. The van der Waals surface area contributed by atoms with Crippen LogP contribution in [0.3, 0.4) is 0 Å². The van der Waals surface area contributed by atoms with Crippen molar-refractivity contribution in [2.24, 2.45) is 5.92 Å². The van der Waals surface area contributed by atoms with Gasteiger partial charge in [-0.15, -0.1) is 0 Å². The Morgan fingerprint density at radius 3 is 2.54 bits per heavy atom. The summed E-state index contributed by atoms with van der Waals surface area (Å²) in [7, 11) is -3.55. The van der Waals surface area contributed by atoms with Crippen molar-refractivity contribution in [3.05, 3.63) is 47.5 Å². The molecule has 3 N–H and O–H groups in total. The van der Waals surface area contributed by atoms with E-state index in [1.54, 1.807) is 11.6 Å². The van der Waals surface area contributed by atoms with Crippen LogP contribution in [0, 0.1) is 12.8 Å². The Hall–Kier alpha value is -3.32. The normalized spacial score (nSPS) is 20.4. The molecule has 1 aromatic heterocycles. The first-order valence-electron chi connectivity index (χ1n) is 13.2. The van der Waals surface area contributed by atoms with Crippen LogP contribution in [0.5, 0.6) is 0 Å². The third kappa shape index (κ3) is 9.13. The third-order valence-corrected chi connectivity index (χ3v) is 7.45. The van der Waals surface area contributed by atoms with Gasteiger partial charge >= 0.3 is 0 Å². The van der Waals surface area contributed by atoms with Gasteiger partial charge in [-0.05, 0) is 31.2 Å². The standard InChI is InChI=1S/C26H39N7O5S/c1-5-18(2)24-26(36)29-21(16-20-10-7-6-8-11-20)25-28-19(3)31-33(25)15-14-32(13-9-12-22(34)30-24)23(35)17-27-39(4,37)38/h6-8,10-11,18,21,24,27H,5,9,12-17H2,1-4H3,(H,29,36)(H,30,34)/t18-,21-,24-/m0/s1. The van der Waals surface area contributed by atoms with E-state index in [1.165, 1.54) is 4.90 Å². The fourth-order valence-electron chi connectivity index (χ4n) is 4.47. The average Bonchev–Trinajstić information content (AvgIpc) is 3.26. The smallest absolute Gasteiger partial charge is 0.243 e. The van der Waals surface area contributed by atoms with Gasteiger partial charge in [-0.25, -0.2) is 22.8 Å². The number of rotatable bonds is 7. The van der Waals surface area contributed by atoms with Gasteiger partial charge < -0.3 is 15.5 Å². The first-order chi connectivity index (χ1) is 18.5. The summed E-state index contributed by atoms with van der Waals surface area (Å²) in [6, 6.07) is 8.42. The van der Waals surface area contributed by atoms with Crippen LogP contribution in [0.4, 0.5) is 0 Å². The molecule has 1 aliphatic heterocycles. The number of hydrogen-bond acceptors (Lipinski definition) is 7. The van der Waals surface area contributed by atoms with E-state index in [0.717, 1.165) is 11.8 Å². The zero-order valence-corrected chi connectivity index (χ0v) is 23.8. The number of carbonyl (C=O) groups is 3. The highest BCUT2D eigenvalue weighted by atomic mass is 32.2. The largest absolute Gasteiger partial charge is 0.344 e. The van der Waals surface area contributed by atoms with Gasteiger partial charge in [0, 0.05) is 19.5 Å². The summed E-state index contributed by atoms with van der Waals surface area (Å²) in [6.45, 7) is 6.01. The lowest BCUT2D eigenvalue weighted by Crippen LogP contribution is -2.51. The van der Waals surface area contributed by atoms with Gasteiger partial charge in [-0.3, -0.25) is 14.4 Å². The second-order valence-corrected chi connectivity index (χ2v) is 11.8. The molecule has 39 heavy (non-hydrogen) atoms. The lowest BCUT2D eigenvalue weighted by molar-refractivity contribution is -0.132. The van der Waals surface area contributed by atoms with E-state index in [1.807, 2.05) is 44.2 Å². The van der Waals surface area contributed by atoms with Gasteiger partial charge in [-0.2, -0.15) is 5.10 Å². The van der Waals surface area contributed by atoms with Gasteiger partial charge in [0.2, 0.25) is 27.7 Å². The molecule has 3 amide bonds. The molecule has 12 nitrogen and oxygen atoms in total. The number of hydrogen-bond donors (Lipinski definition) is 3. The summed E-state index contributed by atoms with van der Waals surface area (Å²) in [5.74, 6) is -0.0288. The van der Waals surface area contributed by atoms with Crippen LogP contribution in [-0.4, -0.2) is 77.7 Å². The Morgan fingerprint density at radius 2 is 1.87 bits per heavy atom. The monoisotopic (exact) mass is 561 g/mol. The molecule has 214 valence electrons. The molecule has 3 rings (SSSR count). The van der Waals surface area contributed by atoms with Crippen molar-refractivity contribution in [3.8, 4) is 0 Å². The summed E-state index contributed by atoms with van der Waals surface area (Å²) in [6.07, 6.45) is 2.60. The number of aromatic nitrogens is 3. The highest BCUT2D eigenvalue weighted by molar-refractivity contribution is 7.88. The van der Waals surface area contributed by atoms with Crippen molar-refractivity contribution >= 4 is 27.7 Å². The SMILES string of the molecule is CC[C@H](C)[C@@H]1NC(=O)CCCN(C(=O)CNS(C)(=O)=O)CCn2nc(C)nc2[C@H](Cc2ccccc2)NC1=O. The molecule has 13 heteroatoms. The Kier molecular flexibility index (Phi) is 10.6. The van der Waals surface area contributed by atoms with E-state index >= 15 is 0 Å². The molecule has 2 aromatic rings. The fraction of sp³-hybridized carbons (Fsp3) is 0.577. The van der Waals surface area contributed by atoms with Crippen molar-refractivity contribution in [2.45, 2.75) is 65.1 Å². The van der Waals surface area contributed by atoms with Gasteiger partial charge in [-0.1, -0.05) is 50.6 Å². The number of carbonyl (C=O) groups excluding carboxylic acids is 3. The Bertz CT molecular complexity index is 1250. The average molecular weight is 562 g/mol. The molecule has 0 bridgehead atoms. The van der Waals surface area contributed by atoms with Crippen LogP contribution in [-0.2, 0) is 37.4 Å². The minimum absolute atomic E-state index is 0.112. The van der Waals surface area contributed by atoms with E-state index in [9.17, 15) is 22.8 Å². The van der Waals surface area contributed by atoms with Crippen LogP contribution in [0.1, 0.15) is 56.4 Å². The molecular weight excluding hydrogens is 522 g/mol. The zero-order valence-electron chi connectivity index (χ0n) is 23.0. The topological polar surface area (TPSA) is 155 Å². The van der Waals surface area contributed by atoms with E-state index in [0.29, 0.717) is 30.9 Å². The van der Waals surface area contributed by atoms with Crippen LogP contribution in [0.15, 0.2) is 30.3 Å². The molecule has 1 aromatic carbocycles. The van der Waals surface area contributed by atoms with Crippen LogP contribution in [0.25, 0.3) is 0 Å². The summed E-state index contributed by atoms with van der Waals surface area (Å²) in [4.78, 5) is 45.4. The van der Waals surface area contributed by atoms with Crippen molar-refractivity contribution in [3.63, 3.8) is 0 Å². The quantitative estimate of drug-likeness (QED) is 0.449. The summed E-state index contributed by atoms with van der Waals surface area (Å²) in [5, 5.41) is 10.5. The molecule has 2 heterocycles. The second-order valence-electron chi connectivity index (χ2n) is 10.00. The predicted molar refractivity (Wildman–Crippen MR) is 146 cm³/mol. The molecular formula is C26H39N7O5S. The molecule has 0 spiro atoms. The predicted octanol–water partition coefficient (Wildman–Crippen LogP) is 0.689. The molecule has 0 aliphatic carbocycles. The van der Waals surface area contributed by atoms with Crippen molar-refractivity contribution < 1.29 is 22.8 Å². The highest BCUT2D eigenvalue weighted by Crippen LogP contribution is 2.20. The number of nitrogens with one attached hydrogen (secondary N) is 3. The minimum Gasteiger partial charge on any atom is -0.344 e. The lowest BCUT2D eigenvalue weighted by atomic mass is 9.97. The number of fused-ring (bicyclic) bond motifs is 1. The van der Waals surface area contributed by atoms with Gasteiger partial charge in [0.05, 0.1) is 25.4 Å². The molecule has 0 saturated heterocycles. The maximum Gasteiger partial charge on any atom is 0.243 e. The third-order valence-electron chi connectivity index (χ3n) is 6.78. The maximum absolute atomic E-state index is 13.5. The molecule has 0 radical (unpaired) electrons. The van der Waals surface area contributed by atoms with E-state index < -0.39 is 28.0 Å². The number of benzene rings is 1. The molecule has 1 aliphatic rings. The van der Waals surface area contributed by atoms with E-state index in [2.05, 4.69) is 25.4 Å². The van der Waals surface area contributed by atoms with E-state index in [4.69, 9.17) is 0 Å². The first-order valence-corrected chi connectivity index (χ1v) is 15.1. The molecule has 0 fully saturated rings. The zero-order chi connectivity index (χ0) is 28.6. The summed E-state index contributed by atoms with van der Waals surface area (Å²) in [5.41, 5.74) is 0.990. The number of nitrogens with zero attached hydrogens (tertiary/aromatic N) is 4. The van der Waals surface area contributed by atoms with Crippen LogP contribution < -0.4 is 15.4 Å². The van der Waals surface area contributed by atoms with Crippen LogP contribution >= 0.6 is 0 Å². The van der Waals surface area contributed by atoms with E-state index in [-0.39, 0.29) is 50.3 Å². The highest BCUT2D eigenvalue weighted by Gasteiger charge is 2.30. The van der Waals surface area contributed by atoms with Crippen LogP contribution in [0.2, 0.25) is 0 Å². The Labute approximate surface area is 230 Å². The van der Waals surface area contributed by atoms with Gasteiger partial charge in [0.1, 0.15) is 17.7 Å². The summed E-state index contributed by atoms with van der Waals surface area (Å²) >= 11 is 0. The number of amides is 3. The Balaban J connectivity index is 1.97. The molecule has 0 saturated carbocycles. The Morgan fingerprint density at radius 1 is 1.15 bits per heavy atom. The molecule has 0 unspecified atom stereocenters.